The minimum atomic E-state index is -0.557. The molecular formula is C26H35N2O4S. The summed E-state index contributed by atoms with van der Waals surface area (Å²) >= 11 is 1.63. The first-order valence-corrected chi connectivity index (χ1v) is 12.3. The number of amides is 1. The van der Waals surface area contributed by atoms with Crippen LogP contribution < -0.4 is 19.7 Å². The molecule has 2 aromatic rings. The normalized spacial score (nSPS) is 12.6. The van der Waals surface area contributed by atoms with Crippen molar-refractivity contribution in [2.75, 3.05) is 25.7 Å². The molecule has 7 heteroatoms. The van der Waals surface area contributed by atoms with E-state index in [1.807, 2.05) is 32.9 Å². The number of anilines is 2. The number of hydrogen-bond acceptors (Lipinski definition) is 6. The molecule has 2 aromatic carbocycles. The van der Waals surface area contributed by atoms with Crippen LogP contribution in [-0.2, 0) is 11.3 Å². The fourth-order valence-corrected chi connectivity index (χ4v) is 5.00. The highest BCUT2D eigenvalue weighted by Crippen LogP contribution is 2.52. The monoisotopic (exact) mass is 471 g/mol. The van der Waals surface area contributed by atoms with Gasteiger partial charge >= 0.3 is 6.09 Å². The number of nitrogens with zero attached hydrogens (tertiary/aromatic N) is 1. The van der Waals surface area contributed by atoms with Crippen LogP contribution in [0.4, 0.5) is 16.2 Å². The van der Waals surface area contributed by atoms with E-state index in [-0.39, 0.29) is 0 Å². The van der Waals surface area contributed by atoms with Gasteiger partial charge in [-0.25, -0.2) is 4.79 Å². The Morgan fingerprint density at radius 1 is 1.06 bits per heavy atom. The molecular weight excluding hydrogens is 436 g/mol. The average molecular weight is 472 g/mol. The largest absolute Gasteiger partial charge is 0.496 e. The van der Waals surface area contributed by atoms with E-state index in [0.717, 1.165) is 45.4 Å². The number of unbranched alkanes of at least 4 members (excludes halogenated alkanes) is 3. The average Bonchev–Trinajstić information content (AvgIpc) is 2.77. The maximum absolute atomic E-state index is 12.3. The van der Waals surface area contributed by atoms with Crippen LogP contribution in [0, 0.1) is 6.07 Å². The van der Waals surface area contributed by atoms with E-state index >= 15 is 0 Å². The van der Waals surface area contributed by atoms with Gasteiger partial charge in [0, 0.05) is 28.0 Å². The second-order valence-electron chi connectivity index (χ2n) is 9.01. The molecule has 3 rings (SSSR count). The third-order valence-electron chi connectivity index (χ3n) is 5.33. The smallest absolute Gasteiger partial charge is 0.407 e. The number of ether oxygens (including phenoxy) is 3. The van der Waals surface area contributed by atoms with Crippen molar-refractivity contribution in [2.24, 2.45) is 0 Å². The summed E-state index contributed by atoms with van der Waals surface area (Å²) in [7, 11) is 3.30. The van der Waals surface area contributed by atoms with Crippen LogP contribution >= 0.6 is 11.8 Å². The maximum atomic E-state index is 12.3. The van der Waals surface area contributed by atoms with Gasteiger partial charge in [0.2, 0.25) is 0 Å². The van der Waals surface area contributed by atoms with Gasteiger partial charge in [-0.3, -0.25) is 0 Å². The van der Waals surface area contributed by atoms with Crippen molar-refractivity contribution in [1.29, 1.82) is 0 Å². The minimum absolute atomic E-state index is 0.303. The van der Waals surface area contributed by atoms with Crippen LogP contribution in [0.15, 0.2) is 34.1 Å². The lowest BCUT2D eigenvalue weighted by atomic mass is 10.1. The number of methoxy groups -OCH3 is 2. The molecule has 1 N–H and O–H groups in total. The van der Waals surface area contributed by atoms with Crippen LogP contribution in [0.25, 0.3) is 0 Å². The molecule has 0 spiro atoms. The van der Waals surface area contributed by atoms with Crippen LogP contribution in [0.2, 0.25) is 0 Å². The minimum Gasteiger partial charge on any atom is -0.496 e. The lowest BCUT2D eigenvalue weighted by Crippen LogP contribution is -2.32. The van der Waals surface area contributed by atoms with Gasteiger partial charge < -0.3 is 24.4 Å². The van der Waals surface area contributed by atoms with Gasteiger partial charge in [0.25, 0.3) is 0 Å². The van der Waals surface area contributed by atoms with E-state index in [4.69, 9.17) is 14.2 Å². The molecule has 0 aliphatic carbocycles. The van der Waals surface area contributed by atoms with Gasteiger partial charge in [0.1, 0.15) is 17.1 Å². The fourth-order valence-electron chi connectivity index (χ4n) is 3.78. The van der Waals surface area contributed by atoms with Crippen molar-refractivity contribution in [3.63, 3.8) is 0 Å². The van der Waals surface area contributed by atoms with E-state index in [1.54, 1.807) is 26.0 Å². The summed E-state index contributed by atoms with van der Waals surface area (Å²) < 4.78 is 16.5. The number of carbonyl (C=O) groups excluding carboxylic acids is 1. The van der Waals surface area contributed by atoms with Gasteiger partial charge in [-0.1, -0.05) is 37.9 Å². The molecule has 0 saturated heterocycles. The number of fused-ring (bicyclic) bond motifs is 2. The summed E-state index contributed by atoms with van der Waals surface area (Å²) in [6, 6.07) is 11.5. The van der Waals surface area contributed by atoms with Crippen molar-refractivity contribution in [1.82, 2.24) is 5.32 Å². The molecule has 1 heterocycles. The predicted octanol–water partition coefficient (Wildman–Crippen LogP) is 6.71. The first-order chi connectivity index (χ1) is 15.8. The third kappa shape index (κ3) is 6.28. The Morgan fingerprint density at radius 2 is 1.82 bits per heavy atom. The quantitative estimate of drug-likeness (QED) is 0.410. The van der Waals surface area contributed by atoms with E-state index in [9.17, 15) is 4.79 Å². The zero-order valence-electron chi connectivity index (χ0n) is 20.5. The molecule has 0 unspecified atom stereocenters. The molecule has 1 aliphatic heterocycles. The van der Waals surface area contributed by atoms with Crippen molar-refractivity contribution in [3.8, 4) is 11.5 Å². The summed E-state index contributed by atoms with van der Waals surface area (Å²) in [6.07, 6.45) is 4.26. The zero-order valence-corrected chi connectivity index (χ0v) is 21.4. The third-order valence-corrected chi connectivity index (χ3v) is 6.50. The van der Waals surface area contributed by atoms with Gasteiger partial charge in [-0.15, -0.1) is 0 Å². The lowest BCUT2D eigenvalue weighted by Gasteiger charge is -2.34. The maximum Gasteiger partial charge on any atom is 0.407 e. The highest BCUT2D eigenvalue weighted by molar-refractivity contribution is 7.99. The van der Waals surface area contributed by atoms with Gasteiger partial charge in [0.15, 0.2) is 0 Å². The molecule has 6 nitrogen and oxygen atoms in total. The van der Waals surface area contributed by atoms with Crippen LogP contribution in [0.5, 0.6) is 11.5 Å². The standard InChI is InChI=1S/C26H35N2O4S/c1-7-8-9-10-15-28-20-12-11-18(30-5)16-23(20)33-24-19(22(31-6)14-13-21(24)28)17-27-25(29)32-26(2,3)4/h11-14H,7-10,15,17H2,1-6H3,(H,27,29). The predicted molar refractivity (Wildman–Crippen MR) is 133 cm³/mol. The lowest BCUT2D eigenvalue weighted by molar-refractivity contribution is 0.0523. The molecule has 1 radical (unpaired) electrons. The second-order valence-corrected chi connectivity index (χ2v) is 10.0. The van der Waals surface area contributed by atoms with Crippen LogP contribution in [0.3, 0.4) is 0 Å². The number of alkyl carbamates (subject to hydrolysis) is 1. The van der Waals surface area contributed by atoms with Crippen LogP contribution in [-0.4, -0.2) is 32.5 Å². The molecule has 0 bridgehead atoms. The first-order valence-electron chi connectivity index (χ1n) is 11.5. The van der Waals surface area contributed by atoms with Crippen molar-refractivity contribution >= 4 is 29.2 Å². The van der Waals surface area contributed by atoms with E-state index in [2.05, 4.69) is 35.3 Å². The number of carbonyl (C=O) groups is 1. The Kier molecular flexibility index (Phi) is 8.40. The van der Waals surface area contributed by atoms with Crippen molar-refractivity contribution < 1.29 is 19.0 Å². The van der Waals surface area contributed by atoms with Crippen molar-refractivity contribution in [3.05, 3.63) is 35.9 Å². The van der Waals surface area contributed by atoms with Gasteiger partial charge in [-0.2, -0.15) is 0 Å². The molecule has 0 fully saturated rings. The number of hydrogen-bond donors (Lipinski definition) is 1. The number of benzene rings is 2. The Bertz CT molecular complexity index is 971. The zero-order chi connectivity index (χ0) is 24.0. The molecule has 1 amide bonds. The first kappa shape index (κ1) is 25.1. The molecule has 179 valence electrons. The summed E-state index contributed by atoms with van der Waals surface area (Å²) in [4.78, 5) is 16.7. The number of rotatable bonds is 9. The second kappa shape index (κ2) is 11.1. The summed E-state index contributed by atoms with van der Waals surface area (Å²) in [5.74, 6) is 1.43. The molecule has 0 aromatic heterocycles. The number of nitrogens with one attached hydrogen (secondary N) is 1. The fraction of sp³-hybridized carbons (Fsp3) is 0.500. The van der Waals surface area contributed by atoms with E-state index < -0.39 is 11.7 Å². The molecule has 0 atom stereocenters. The van der Waals surface area contributed by atoms with E-state index in [1.165, 1.54) is 19.3 Å². The van der Waals surface area contributed by atoms with E-state index in [0.29, 0.717) is 12.3 Å². The summed E-state index contributed by atoms with van der Waals surface area (Å²) in [5, 5.41) is 2.89. The molecule has 1 aliphatic rings. The molecule has 33 heavy (non-hydrogen) atoms. The molecule has 0 saturated carbocycles. The Morgan fingerprint density at radius 3 is 2.48 bits per heavy atom. The summed E-state index contributed by atoms with van der Waals surface area (Å²) in [6.45, 7) is 8.99. The van der Waals surface area contributed by atoms with Crippen molar-refractivity contribution in [2.45, 2.75) is 75.3 Å². The van der Waals surface area contributed by atoms with Crippen LogP contribution in [0.1, 0.15) is 58.9 Å². The highest BCUT2D eigenvalue weighted by Gasteiger charge is 2.28. The Labute approximate surface area is 202 Å². The van der Waals surface area contributed by atoms with Gasteiger partial charge in [-0.05, 0) is 51.5 Å². The topological polar surface area (TPSA) is 60.0 Å². The summed E-state index contributed by atoms with van der Waals surface area (Å²) in [5.41, 5.74) is 2.61. The van der Waals surface area contributed by atoms with Gasteiger partial charge in [0.05, 0.1) is 32.1 Å². The highest BCUT2D eigenvalue weighted by atomic mass is 32.2. The SMILES string of the molecule is CCCCCCN1c2ccc(OC)[c]c2Sc2c1ccc(OC)c2CNC(=O)OC(C)(C)C. The Hall–Kier alpha value is -2.54. The Balaban J connectivity index is 1.96.